The van der Waals surface area contributed by atoms with Crippen molar-refractivity contribution in [2.75, 3.05) is 19.7 Å². The van der Waals surface area contributed by atoms with E-state index in [1.165, 1.54) is 0 Å². The number of hydrogen-bond acceptors (Lipinski definition) is 3. The van der Waals surface area contributed by atoms with Crippen LogP contribution in [0.1, 0.15) is 52.4 Å². The zero-order valence-electron chi connectivity index (χ0n) is 17.2. The second kappa shape index (κ2) is 9.57. The molecule has 1 saturated heterocycles. The summed E-state index contributed by atoms with van der Waals surface area (Å²) >= 11 is 11.9. The number of hydrogen-bond donors (Lipinski definition) is 1. The predicted octanol–water partition coefficient (Wildman–Crippen LogP) is 4.70. The monoisotopic (exact) mass is 440 g/mol. The minimum absolute atomic E-state index is 0.00505. The first-order valence-corrected chi connectivity index (χ1v) is 11.2. The van der Waals surface area contributed by atoms with E-state index in [-0.39, 0.29) is 29.9 Å². The number of carbonyl (C=O) groups excluding carboxylic acids is 2. The standard InChI is InChI=1S/C22H30Cl2N2O3/c1-15(2)12-22(6-4-7-22)21(28)25-18-5-3-8-26(13-18)20(27)14-29-19-10-16(23)9-17(24)11-19/h9-11,15,18H,3-8,12-14H2,1-2H3,(H,25,28). The van der Waals surface area contributed by atoms with Crippen molar-refractivity contribution in [3.8, 4) is 5.75 Å². The van der Waals surface area contributed by atoms with Crippen molar-refractivity contribution in [2.24, 2.45) is 11.3 Å². The Morgan fingerprint density at radius 1 is 1.21 bits per heavy atom. The maximum atomic E-state index is 12.9. The summed E-state index contributed by atoms with van der Waals surface area (Å²) in [6.45, 7) is 5.47. The number of amides is 2. The van der Waals surface area contributed by atoms with Gasteiger partial charge in [-0.1, -0.05) is 43.5 Å². The number of carbonyl (C=O) groups is 2. The van der Waals surface area contributed by atoms with Gasteiger partial charge in [-0.15, -0.1) is 0 Å². The van der Waals surface area contributed by atoms with Crippen molar-refractivity contribution < 1.29 is 14.3 Å². The lowest BCUT2D eigenvalue weighted by molar-refractivity contribution is -0.140. The van der Waals surface area contributed by atoms with Crippen molar-refractivity contribution in [2.45, 2.75) is 58.4 Å². The molecule has 160 valence electrons. The minimum atomic E-state index is -0.199. The maximum absolute atomic E-state index is 12.9. The van der Waals surface area contributed by atoms with Crippen LogP contribution in [0.15, 0.2) is 18.2 Å². The van der Waals surface area contributed by atoms with Gasteiger partial charge in [-0.2, -0.15) is 0 Å². The molecule has 1 atom stereocenters. The molecule has 1 aromatic rings. The fourth-order valence-electron chi connectivity index (χ4n) is 4.42. The van der Waals surface area contributed by atoms with Gasteiger partial charge in [0, 0.05) is 34.6 Å². The third-order valence-corrected chi connectivity index (χ3v) is 6.34. The van der Waals surface area contributed by atoms with E-state index >= 15 is 0 Å². The van der Waals surface area contributed by atoms with Gasteiger partial charge in [0.2, 0.25) is 5.91 Å². The first-order chi connectivity index (χ1) is 13.8. The summed E-state index contributed by atoms with van der Waals surface area (Å²) in [5.74, 6) is 1.04. The summed E-state index contributed by atoms with van der Waals surface area (Å²) in [6, 6.07) is 4.88. The summed E-state index contributed by atoms with van der Waals surface area (Å²) in [4.78, 5) is 27.3. The van der Waals surface area contributed by atoms with Crippen LogP contribution in [-0.4, -0.2) is 42.5 Å². The lowest BCUT2D eigenvalue weighted by Crippen LogP contribution is -2.55. The molecule has 0 radical (unpaired) electrons. The first-order valence-electron chi connectivity index (χ1n) is 10.4. The summed E-state index contributed by atoms with van der Waals surface area (Å²) in [5.41, 5.74) is -0.199. The highest BCUT2D eigenvalue weighted by Gasteiger charge is 2.45. The molecule has 1 aliphatic carbocycles. The Morgan fingerprint density at radius 2 is 1.90 bits per heavy atom. The molecule has 2 fully saturated rings. The molecule has 1 saturated carbocycles. The molecule has 5 nitrogen and oxygen atoms in total. The van der Waals surface area contributed by atoms with E-state index in [0.717, 1.165) is 38.5 Å². The van der Waals surface area contributed by atoms with Gasteiger partial charge in [0.15, 0.2) is 6.61 Å². The molecule has 0 bridgehead atoms. The van der Waals surface area contributed by atoms with Gasteiger partial charge in [0.25, 0.3) is 5.91 Å². The highest BCUT2D eigenvalue weighted by Crippen LogP contribution is 2.46. The second-order valence-electron chi connectivity index (χ2n) is 8.78. The third kappa shape index (κ3) is 5.79. The molecule has 1 N–H and O–H groups in total. The molecule has 7 heteroatoms. The molecule has 1 heterocycles. The number of rotatable bonds is 7. The SMILES string of the molecule is CC(C)CC1(C(=O)NC2CCCN(C(=O)COc3cc(Cl)cc(Cl)c3)C2)CCC1. The highest BCUT2D eigenvalue weighted by atomic mass is 35.5. The summed E-state index contributed by atoms with van der Waals surface area (Å²) in [5, 5.41) is 4.16. The fourth-order valence-corrected chi connectivity index (χ4v) is 4.92. The van der Waals surface area contributed by atoms with Crippen molar-refractivity contribution >= 4 is 35.0 Å². The Labute approximate surface area is 183 Å². The molecular weight excluding hydrogens is 411 g/mol. The normalized spacial score (nSPS) is 20.9. The fraction of sp³-hybridized carbons (Fsp3) is 0.636. The van der Waals surface area contributed by atoms with Crippen LogP contribution in [0, 0.1) is 11.3 Å². The van der Waals surface area contributed by atoms with Crippen LogP contribution in [0.3, 0.4) is 0 Å². The quantitative estimate of drug-likeness (QED) is 0.668. The largest absolute Gasteiger partial charge is 0.484 e. The van der Waals surface area contributed by atoms with E-state index in [1.807, 2.05) is 0 Å². The molecule has 0 aromatic heterocycles. The molecule has 2 aliphatic rings. The van der Waals surface area contributed by atoms with E-state index in [2.05, 4.69) is 19.2 Å². The Kier molecular flexibility index (Phi) is 7.33. The van der Waals surface area contributed by atoms with Crippen molar-refractivity contribution in [3.63, 3.8) is 0 Å². The topological polar surface area (TPSA) is 58.6 Å². The predicted molar refractivity (Wildman–Crippen MR) is 115 cm³/mol. The number of benzene rings is 1. The number of nitrogens with one attached hydrogen (secondary N) is 1. The average molecular weight is 441 g/mol. The van der Waals surface area contributed by atoms with Crippen molar-refractivity contribution in [3.05, 3.63) is 28.2 Å². The van der Waals surface area contributed by atoms with E-state index < -0.39 is 0 Å². The van der Waals surface area contributed by atoms with E-state index in [9.17, 15) is 9.59 Å². The van der Waals surface area contributed by atoms with Gasteiger partial charge >= 0.3 is 0 Å². The highest BCUT2D eigenvalue weighted by molar-refractivity contribution is 6.34. The van der Waals surface area contributed by atoms with E-state index in [0.29, 0.717) is 34.8 Å². The van der Waals surface area contributed by atoms with Crippen molar-refractivity contribution in [1.82, 2.24) is 10.2 Å². The third-order valence-electron chi connectivity index (χ3n) is 5.90. The number of ether oxygens (including phenoxy) is 1. The van der Waals surface area contributed by atoms with Crippen LogP contribution < -0.4 is 10.1 Å². The molecular formula is C22H30Cl2N2O3. The van der Waals surface area contributed by atoms with Crippen LogP contribution >= 0.6 is 23.2 Å². The Bertz CT molecular complexity index is 729. The van der Waals surface area contributed by atoms with Crippen LogP contribution in [-0.2, 0) is 9.59 Å². The Hall–Kier alpha value is -1.46. The number of piperidine rings is 1. The van der Waals surface area contributed by atoms with E-state index in [4.69, 9.17) is 27.9 Å². The van der Waals surface area contributed by atoms with Crippen LogP contribution in [0.5, 0.6) is 5.75 Å². The zero-order chi connectivity index (χ0) is 21.0. The molecule has 1 aliphatic heterocycles. The number of halogens is 2. The van der Waals surface area contributed by atoms with Gasteiger partial charge in [0.05, 0.1) is 0 Å². The maximum Gasteiger partial charge on any atom is 0.260 e. The van der Waals surface area contributed by atoms with Gasteiger partial charge in [-0.3, -0.25) is 9.59 Å². The zero-order valence-corrected chi connectivity index (χ0v) is 18.7. The molecule has 3 rings (SSSR count). The Morgan fingerprint density at radius 3 is 2.48 bits per heavy atom. The summed E-state index contributed by atoms with van der Waals surface area (Å²) < 4.78 is 5.58. The van der Waals surface area contributed by atoms with Gasteiger partial charge in [0.1, 0.15) is 5.75 Å². The lowest BCUT2D eigenvalue weighted by Gasteiger charge is -2.43. The molecule has 1 aromatic carbocycles. The summed E-state index contributed by atoms with van der Waals surface area (Å²) in [6.07, 6.45) is 5.78. The van der Waals surface area contributed by atoms with Crippen LogP contribution in [0.4, 0.5) is 0 Å². The van der Waals surface area contributed by atoms with E-state index in [1.54, 1.807) is 23.1 Å². The molecule has 0 spiro atoms. The molecule has 29 heavy (non-hydrogen) atoms. The second-order valence-corrected chi connectivity index (χ2v) is 9.65. The number of likely N-dealkylation sites (tertiary alicyclic amines) is 1. The smallest absolute Gasteiger partial charge is 0.260 e. The average Bonchev–Trinajstić information content (AvgIpc) is 2.62. The van der Waals surface area contributed by atoms with Gasteiger partial charge in [-0.25, -0.2) is 0 Å². The molecule has 2 amide bonds. The Balaban J connectivity index is 1.51. The summed E-state index contributed by atoms with van der Waals surface area (Å²) in [7, 11) is 0. The van der Waals surface area contributed by atoms with Crippen LogP contribution in [0.25, 0.3) is 0 Å². The van der Waals surface area contributed by atoms with Crippen LogP contribution in [0.2, 0.25) is 10.0 Å². The van der Waals surface area contributed by atoms with Gasteiger partial charge in [-0.05, 0) is 56.2 Å². The first kappa shape index (κ1) is 22.2. The minimum Gasteiger partial charge on any atom is -0.484 e. The van der Waals surface area contributed by atoms with Crippen molar-refractivity contribution in [1.29, 1.82) is 0 Å². The number of nitrogens with zero attached hydrogens (tertiary/aromatic N) is 1. The lowest BCUT2D eigenvalue weighted by atomic mass is 9.64. The molecule has 1 unspecified atom stereocenters. The van der Waals surface area contributed by atoms with Gasteiger partial charge < -0.3 is 15.0 Å².